The van der Waals surface area contributed by atoms with Crippen molar-refractivity contribution in [3.63, 3.8) is 0 Å². The van der Waals surface area contributed by atoms with Gasteiger partial charge in [-0.25, -0.2) is 0 Å². The van der Waals surface area contributed by atoms with E-state index in [1.165, 1.54) is 0 Å². The topological polar surface area (TPSA) is 76.7 Å². The number of hydrogen-bond acceptors (Lipinski definition) is 4. The first-order valence-corrected chi connectivity index (χ1v) is 9.43. The van der Waals surface area contributed by atoms with Crippen LogP contribution in [0.15, 0.2) is 71.2 Å². The number of hydrazine groups is 1. The van der Waals surface area contributed by atoms with Gasteiger partial charge in [0.1, 0.15) is 11.5 Å². The van der Waals surface area contributed by atoms with Crippen LogP contribution in [0, 0.1) is 0 Å². The lowest BCUT2D eigenvalue weighted by molar-refractivity contribution is -0.133. The first kappa shape index (κ1) is 19.7. The molecule has 0 fully saturated rings. The number of hydrogen-bond donors (Lipinski definition) is 2. The van der Waals surface area contributed by atoms with Crippen LogP contribution in [0.2, 0.25) is 0 Å². The second kappa shape index (κ2) is 9.23. The molecule has 0 aliphatic heterocycles. The van der Waals surface area contributed by atoms with E-state index in [2.05, 4.69) is 26.8 Å². The average molecular weight is 443 g/mol. The molecule has 2 amide bonds. The van der Waals surface area contributed by atoms with Crippen LogP contribution >= 0.6 is 15.9 Å². The minimum Gasteiger partial charge on any atom is -0.484 e. The van der Waals surface area contributed by atoms with Crippen molar-refractivity contribution in [2.75, 3.05) is 6.61 Å². The molecule has 3 rings (SSSR count). The number of halogens is 1. The van der Waals surface area contributed by atoms with Crippen molar-refractivity contribution in [2.45, 2.75) is 13.0 Å². The Bertz CT molecular complexity index is 993. The van der Waals surface area contributed by atoms with Gasteiger partial charge in [0.05, 0.1) is 0 Å². The fourth-order valence-electron chi connectivity index (χ4n) is 2.47. The quantitative estimate of drug-likeness (QED) is 0.571. The van der Waals surface area contributed by atoms with E-state index < -0.39 is 17.9 Å². The van der Waals surface area contributed by atoms with E-state index in [0.717, 1.165) is 15.2 Å². The van der Waals surface area contributed by atoms with E-state index in [0.29, 0.717) is 11.5 Å². The lowest BCUT2D eigenvalue weighted by Gasteiger charge is -2.15. The van der Waals surface area contributed by atoms with Crippen molar-refractivity contribution in [3.8, 4) is 11.5 Å². The van der Waals surface area contributed by atoms with E-state index >= 15 is 0 Å². The summed E-state index contributed by atoms with van der Waals surface area (Å²) in [7, 11) is 0. The molecule has 0 heterocycles. The van der Waals surface area contributed by atoms with E-state index in [9.17, 15) is 9.59 Å². The highest BCUT2D eigenvalue weighted by Crippen LogP contribution is 2.20. The molecule has 144 valence electrons. The first-order chi connectivity index (χ1) is 13.5. The number of fused-ring (bicyclic) bond motifs is 1. The summed E-state index contributed by atoms with van der Waals surface area (Å²) in [4.78, 5) is 24.0. The first-order valence-electron chi connectivity index (χ1n) is 8.64. The molecule has 0 aliphatic rings. The van der Waals surface area contributed by atoms with Gasteiger partial charge < -0.3 is 9.47 Å². The van der Waals surface area contributed by atoms with Gasteiger partial charge in [0.2, 0.25) is 0 Å². The molecule has 0 saturated carbocycles. The molecule has 0 spiro atoms. The van der Waals surface area contributed by atoms with Crippen molar-refractivity contribution < 1.29 is 19.1 Å². The Kier molecular flexibility index (Phi) is 6.49. The van der Waals surface area contributed by atoms with Gasteiger partial charge in [-0.15, -0.1) is 0 Å². The Morgan fingerprint density at radius 2 is 1.71 bits per heavy atom. The van der Waals surface area contributed by atoms with Gasteiger partial charge in [0.15, 0.2) is 12.7 Å². The Labute approximate surface area is 170 Å². The molecule has 7 heteroatoms. The summed E-state index contributed by atoms with van der Waals surface area (Å²) in [5.74, 6) is 0.171. The highest BCUT2D eigenvalue weighted by Gasteiger charge is 2.15. The molecule has 0 radical (unpaired) electrons. The van der Waals surface area contributed by atoms with Gasteiger partial charge in [-0.2, -0.15) is 0 Å². The molecule has 0 bridgehead atoms. The van der Waals surface area contributed by atoms with Crippen LogP contribution in [-0.4, -0.2) is 24.5 Å². The minimum absolute atomic E-state index is 0.223. The van der Waals surface area contributed by atoms with Crippen LogP contribution in [0.3, 0.4) is 0 Å². The highest BCUT2D eigenvalue weighted by atomic mass is 79.9. The van der Waals surface area contributed by atoms with E-state index in [-0.39, 0.29) is 6.61 Å². The van der Waals surface area contributed by atoms with Crippen molar-refractivity contribution in [3.05, 3.63) is 71.2 Å². The lowest BCUT2D eigenvalue weighted by atomic mass is 10.1. The van der Waals surface area contributed by atoms with E-state index in [1.807, 2.05) is 42.5 Å². The van der Waals surface area contributed by atoms with Gasteiger partial charge >= 0.3 is 0 Å². The summed E-state index contributed by atoms with van der Waals surface area (Å²) in [6.45, 7) is 1.37. The number of benzene rings is 3. The van der Waals surface area contributed by atoms with Crippen molar-refractivity contribution in [1.82, 2.24) is 10.9 Å². The molecule has 3 aromatic rings. The van der Waals surface area contributed by atoms with Crippen molar-refractivity contribution in [2.24, 2.45) is 0 Å². The Hall–Kier alpha value is -3.06. The van der Waals surface area contributed by atoms with Crippen LogP contribution in [0.5, 0.6) is 11.5 Å². The fraction of sp³-hybridized carbons (Fsp3) is 0.143. The van der Waals surface area contributed by atoms with Gasteiger partial charge in [0, 0.05) is 4.47 Å². The summed E-state index contributed by atoms with van der Waals surface area (Å²) >= 11 is 3.34. The third-order valence-corrected chi connectivity index (χ3v) is 4.39. The Morgan fingerprint density at radius 3 is 2.50 bits per heavy atom. The standard InChI is InChI=1S/C21H19BrN2O4/c1-14(28-19-8-4-7-17(22)12-19)21(26)24-23-20(25)13-27-18-10-9-15-5-2-3-6-16(15)11-18/h2-12,14H,13H2,1H3,(H,23,25)(H,24,26)/t14-/m1/s1. The molecule has 0 saturated heterocycles. The molecule has 0 aliphatic carbocycles. The molecule has 0 unspecified atom stereocenters. The number of rotatable bonds is 6. The maximum atomic E-state index is 12.1. The SMILES string of the molecule is C[C@@H](Oc1cccc(Br)c1)C(=O)NNC(=O)COc1ccc2ccccc2c1. The van der Waals surface area contributed by atoms with E-state index in [1.54, 1.807) is 31.2 Å². The van der Waals surface area contributed by atoms with Gasteiger partial charge in [-0.3, -0.25) is 20.4 Å². The lowest BCUT2D eigenvalue weighted by Crippen LogP contribution is -2.48. The van der Waals surface area contributed by atoms with Gasteiger partial charge in [-0.1, -0.05) is 52.3 Å². The van der Waals surface area contributed by atoms with Crippen LogP contribution in [0.1, 0.15) is 6.92 Å². The maximum absolute atomic E-state index is 12.1. The van der Waals surface area contributed by atoms with Crippen molar-refractivity contribution >= 4 is 38.5 Å². The molecule has 1 atom stereocenters. The zero-order chi connectivity index (χ0) is 19.9. The number of ether oxygens (including phenoxy) is 2. The number of carbonyl (C=O) groups is 2. The summed E-state index contributed by atoms with van der Waals surface area (Å²) < 4.78 is 11.9. The third-order valence-electron chi connectivity index (χ3n) is 3.89. The van der Waals surface area contributed by atoms with Crippen LogP contribution < -0.4 is 20.3 Å². The van der Waals surface area contributed by atoms with Crippen LogP contribution in [-0.2, 0) is 9.59 Å². The Balaban J connectivity index is 1.44. The van der Waals surface area contributed by atoms with Gasteiger partial charge in [0.25, 0.3) is 11.8 Å². The predicted molar refractivity (Wildman–Crippen MR) is 110 cm³/mol. The largest absolute Gasteiger partial charge is 0.484 e. The average Bonchev–Trinajstić information content (AvgIpc) is 2.70. The summed E-state index contributed by atoms with van der Waals surface area (Å²) in [5.41, 5.74) is 4.64. The molecule has 3 aromatic carbocycles. The zero-order valence-electron chi connectivity index (χ0n) is 15.1. The second-order valence-corrected chi connectivity index (χ2v) is 6.97. The number of amides is 2. The Morgan fingerprint density at radius 1 is 0.929 bits per heavy atom. The normalized spacial score (nSPS) is 11.5. The van der Waals surface area contributed by atoms with Crippen LogP contribution in [0.25, 0.3) is 10.8 Å². The molecule has 2 N–H and O–H groups in total. The summed E-state index contributed by atoms with van der Waals surface area (Å²) in [6.07, 6.45) is -0.781. The fourth-order valence-corrected chi connectivity index (χ4v) is 2.85. The summed E-state index contributed by atoms with van der Waals surface area (Å²) in [6, 6.07) is 20.6. The molecule has 28 heavy (non-hydrogen) atoms. The molecular weight excluding hydrogens is 424 g/mol. The van der Waals surface area contributed by atoms with Crippen LogP contribution in [0.4, 0.5) is 0 Å². The second-order valence-electron chi connectivity index (χ2n) is 6.05. The molecular formula is C21H19BrN2O4. The minimum atomic E-state index is -0.781. The number of carbonyl (C=O) groups excluding carboxylic acids is 2. The van der Waals surface area contributed by atoms with E-state index in [4.69, 9.17) is 9.47 Å². The van der Waals surface area contributed by atoms with Gasteiger partial charge in [-0.05, 0) is 48.0 Å². The predicted octanol–water partition coefficient (Wildman–Crippen LogP) is 3.60. The molecule has 6 nitrogen and oxygen atoms in total. The molecule has 0 aromatic heterocycles. The number of nitrogens with one attached hydrogen (secondary N) is 2. The highest BCUT2D eigenvalue weighted by molar-refractivity contribution is 9.10. The van der Waals surface area contributed by atoms with Crippen molar-refractivity contribution in [1.29, 1.82) is 0 Å². The smallest absolute Gasteiger partial charge is 0.279 e. The monoisotopic (exact) mass is 442 g/mol. The maximum Gasteiger partial charge on any atom is 0.279 e. The zero-order valence-corrected chi connectivity index (χ0v) is 16.7. The third kappa shape index (κ3) is 5.47. The summed E-state index contributed by atoms with van der Waals surface area (Å²) in [5, 5.41) is 2.11.